The molecule has 1 fully saturated rings. The summed E-state index contributed by atoms with van der Waals surface area (Å²) in [5.74, 6) is 0.531. The predicted octanol–water partition coefficient (Wildman–Crippen LogP) is 0.545. The van der Waals surface area contributed by atoms with Gasteiger partial charge in [-0.15, -0.1) is 0 Å². The third-order valence-electron chi connectivity index (χ3n) is 2.71. The van der Waals surface area contributed by atoms with E-state index in [2.05, 4.69) is 0 Å². The first-order chi connectivity index (χ1) is 5.77. The van der Waals surface area contributed by atoms with Crippen molar-refractivity contribution in [3.63, 3.8) is 0 Å². The van der Waals surface area contributed by atoms with Crippen molar-refractivity contribution in [1.29, 1.82) is 0 Å². The Morgan fingerprint density at radius 1 is 1.42 bits per heavy atom. The smallest absolute Gasteiger partial charge is 0.0832 e. The van der Waals surface area contributed by atoms with Crippen LogP contribution in [0.15, 0.2) is 0 Å². The molecule has 1 aliphatic rings. The van der Waals surface area contributed by atoms with Crippen molar-refractivity contribution in [2.24, 2.45) is 5.92 Å². The molecule has 0 spiro atoms. The standard InChI is InChI=1S/C9H18O3/c1-12-9-6-7(4-5-10)2-3-8(9)11/h7-11H,2-6H2,1H3. The van der Waals surface area contributed by atoms with Gasteiger partial charge in [0.05, 0.1) is 12.2 Å². The van der Waals surface area contributed by atoms with Crippen LogP contribution >= 0.6 is 0 Å². The van der Waals surface area contributed by atoms with E-state index in [1.807, 2.05) is 0 Å². The second kappa shape index (κ2) is 4.80. The van der Waals surface area contributed by atoms with Gasteiger partial charge in [0.25, 0.3) is 0 Å². The Hall–Kier alpha value is -0.120. The lowest BCUT2D eigenvalue weighted by Crippen LogP contribution is -2.35. The van der Waals surface area contributed by atoms with Crippen molar-refractivity contribution in [1.82, 2.24) is 0 Å². The van der Waals surface area contributed by atoms with Gasteiger partial charge >= 0.3 is 0 Å². The lowest BCUT2D eigenvalue weighted by Gasteiger charge is -2.31. The molecule has 0 aromatic heterocycles. The minimum absolute atomic E-state index is 0.0182. The molecule has 0 heterocycles. The van der Waals surface area contributed by atoms with E-state index in [1.54, 1.807) is 7.11 Å². The first-order valence-corrected chi connectivity index (χ1v) is 4.59. The molecule has 0 radical (unpaired) electrons. The van der Waals surface area contributed by atoms with E-state index in [1.165, 1.54) is 0 Å². The lowest BCUT2D eigenvalue weighted by molar-refractivity contribution is -0.0527. The van der Waals surface area contributed by atoms with Gasteiger partial charge in [0, 0.05) is 13.7 Å². The minimum Gasteiger partial charge on any atom is -0.396 e. The Bertz CT molecular complexity index is 127. The van der Waals surface area contributed by atoms with Gasteiger partial charge in [-0.1, -0.05) is 0 Å². The number of hydrogen-bond acceptors (Lipinski definition) is 3. The molecule has 0 aromatic rings. The number of aliphatic hydroxyl groups is 2. The first-order valence-electron chi connectivity index (χ1n) is 4.59. The summed E-state index contributed by atoms with van der Waals surface area (Å²) in [6.45, 7) is 0.247. The number of methoxy groups -OCH3 is 1. The maximum absolute atomic E-state index is 9.47. The van der Waals surface area contributed by atoms with Crippen LogP contribution in [0.5, 0.6) is 0 Å². The predicted molar refractivity (Wildman–Crippen MR) is 45.8 cm³/mol. The van der Waals surface area contributed by atoms with Gasteiger partial charge < -0.3 is 14.9 Å². The number of hydrogen-bond donors (Lipinski definition) is 2. The number of ether oxygens (including phenoxy) is 1. The van der Waals surface area contributed by atoms with Crippen LogP contribution in [-0.2, 0) is 4.74 Å². The van der Waals surface area contributed by atoms with Crippen LogP contribution in [0.3, 0.4) is 0 Å². The zero-order valence-electron chi connectivity index (χ0n) is 7.57. The Labute approximate surface area is 73.4 Å². The van der Waals surface area contributed by atoms with Crippen LogP contribution in [0.4, 0.5) is 0 Å². The Kier molecular flexibility index (Phi) is 3.98. The van der Waals surface area contributed by atoms with Crippen LogP contribution in [0.1, 0.15) is 25.7 Å². The number of aliphatic hydroxyl groups excluding tert-OH is 2. The summed E-state index contributed by atoms with van der Waals surface area (Å²) in [5, 5.41) is 18.2. The second-order valence-corrected chi connectivity index (χ2v) is 3.53. The zero-order chi connectivity index (χ0) is 8.97. The largest absolute Gasteiger partial charge is 0.396 e. The minimum atomic E-state index is -0.301. The fourth-order valence-electron chi connectivity index (χ4n) is 1.89. The molecule has 1 saturated carbocycles. The molecule has 1 rings (SSSR count). The summed E-state index contributed by atoms with van der Waals surface area (Å²) in [7, 11) is 1.63. The molecule has 0 saturated heterocycles. The quantitative estimate of drug-likeness (QED) is 0.656. The van der Waals surface area contributed by atoms with E-state index in [0.29, 0.717) is 5.92 Å². The summed E-state index contributed by atoms with van der Waals surface area (Å²) >= 11 is 0. The third kappa shape index (κ3) is 2.44. The van der Waals surface area contributed by atoms with Gasteiger partial charge in [0.15, 0.2) is 0 Å². The van der Waals surface area contributed by atoms with Crippen molar-refractivity contribution in [3.8, 4) is 0 Å². The molecule has 0 aliphatic heterocycles. The molecular weight excluding hydrogens is 156 g/mol. The molecule has 3 atom stereocenters. The second-order valence-electron chi connectivity index (χ2n) is 3.53. The molecule has 1 aliphatic carbocycles. The van der Waals surface area contributed by atoms with Gasteiger partial charge in [0.1, 0.15) is 0 Å². The van der Waals surface area contributed by atoms with Crippen LogP contribution in [0.2, 0.25) is 0 Å². The van der Waals surface area contributed by atoms with Gasteiger partial charge in [-0.25, -0.2) is 0 Å². The highest BCUT2D eigenvalue weighted by Crippen LogP contribution is 2.28. The van der Waals surface area contributed by atoms with Crippen molar-refractivity contribution >= 4 is 0 Å². The van der Waals surface area contributed by atoms with Crippen molar-refractivity contribution in [2.45, 2.75) is 37.9 Å². The lowest BCUT2D eigenvalue weighted by atomic mass is 9.83. The highest BCUT2D eigenvalue weighted by molar-refractivity contribution is 4.79. The molecule has 2 N–H and O–H groups in total. The van der Waals surface area contributed by atoms with E-state index >= 15 is 0 Å². The topological polar surface area (TPSA) is 49.7 Å². The third-order valence-corrected chi connectivity index (χ3v) is 2.71. The highest BCUT2D eigenvalue weighted by atomic mass is 16.5. The van der Waals surface area contributed by atoms with E-state index in [9.17, 15) is 5.11 Å². The monoisotopic (exact) mass is 174 g/mol. The van der Waals surface area contributed by atoms with Gasteiger partial charge in [-0.05, 0) is 31.6 Å². The molecule has 3 heteroatoms. The van der Waals surface area contributed by atoms with Crippen molar-refractivity contribution in [2.75, 3.05) is 13.7 Å². The molecule has 0 aromatic carbocycles. The summed E-state index contributed by atoms with van der Waals surface area (Å²) < 4.78 is 5.15. The van der Waals surface area contributed by atoms with Crippen LogP contribution in [0.25, 0.3) is 0 Å². The van der Waals surface area contributed by atoms with Crippen LogP contribution < -0.4 is 0 Å². The van der Waals surface area contributed by atoms with Crippen LogP contribution in [-0.4, -0.2) is 36.1 Å². The molecule has 12 heavy (non-hydrogen) atoms. The van der Waals surface area contributed by atoms with Gasteiger partial charge in [-0.2, -0.15) is 0 Å². The van der Waals surface area contributed by atoms with E-state index in [4.69, 9.17) is 9.84 Å². The molecule has 72 valence electrons. The van der Waals surface area contributed by atoms with Gasteiger partial charge in [-0.3, -0.25) is 0 Å². The van der Waals surface area contributed by atoms with E-state index in [-0.39, 0.29) is 18.8 Å². The SMILES string of the molecule is COC1CC(CCO)CCC1O. The molecule has 0 bridgehead atoms. The summed E-state index contributed by atoms with van der Waals surface area (Å²) in [4.78, 5) is 0. The summed E-state index contributed by atoms with van der Waals surface area (Å²) in [6.07, 6.45) is 3.23. The average Bonchev–Trinajstić information content (AvgIpc) is 2.09. The van der Waals surface area contributed by atoms with E-state index < -0.39 is 0 Å². The molecule has 0 amide bonds. The highest BCUT2D eigenvalue weighted by Gasteiger charge is 2.28. The molecule has 3 nitrogen and oxygen atoms in total. The fourth-order valence-corrected chi connectivity index (χ4v) is 1.89. The normalized spacial score (nSPS) is 36.8. The van der Waals surface area contributed by atoms with Gasteiger partial charge in [0.2, 0.25) is 0 Å². The van der Waals surface area contributed by atoms with Crippen molar-refractivity contribution in [3.05, 3.63) is 0 Å². The fraction of sp³-hybridized carbons (Fsp3) is 1.00. The Balaban J connectivity index is 2.33. The van der Waals surface area contributed by atoms with Crippen molar-refractivity contribution < 1.29 is 14.9 Å². The Morgan fingerprint density at radius 3 is 2.75 bits per heavy atom. The molecular formula is C9H18O3. The first kappa shape index (κ1) is 9.96. The zero-order valence-corrected chi connectivity index (χ0v) is 7.57. The van der Waals surface area contributed by atoms with Crippen LogP contribution in [0, 0.1) is 5.92 Å². The maximum Gasteiger partial charge on any atom is 0.0832 e. The average molecular weight is 174 g/mol. The number of rotatable bonds is 3. The summed E-state index contributed by atoms with van der Waals surface area (Å²) in [5.41, 5.74) is 0. The Morgan fingerprint density at radius 2 is 2.17 bits per heavy atom. The summed E-state index contributed by atoms with van der Waals surface area (Å²) in [6, 6.07) is 0. The molecule has 3 unspecified atom stereocenters. The maximum atomic E-state index is 9.47. The van der Waals surface area contributed by atoms with E-state index in [0.717, 1.165) is 25.7 Å².